The largest absolute Gasteiger partial charge is 0.466 e. The van der Waals surface area contributed by atoms with Gasteiger partial charge in [0.2, 0.25) is 5.60 Å². The second kappa shape index (κ2) is 5.04. The number of ether oxygens (including phenoxy) is 2. The van der Waals surface area contributed by atoms with Crippen LogP contribution in [0.5, 0.6) is 0 Å². The summed E-state index contributed by atoms with van der Waals surface area (Å²) in [5.74, 6) is -0.381. The second-order valence-corrected chi connectivity index (χ2v) is 6.42. The summed E-state index contributed by atoms with van der Waals surface area (Å²) in [6.07, 6.45) is 7.78. The van der Waals surface area contributed by atoms with Crippen LogP contribution < -0.4 is 0 Å². The van der Waals surface area contributed by atoms with Gasteiger partial charge in [-0.05, 0) is 28.3 Å². The lowest BCUT2D eigenvalue weighted by molar-refractivity contribution is -0.155. The van der Waals surface area contributed by atoms with E-state index in [2.05, 4.69) is 30.4 Å². The fraction of sp³-hybridized carbons (Fsp3) is 0.136. The SMILES string of the molecule is COC(=O)C12C=CC(O1)C1=C2c2ccccc2/C=C\c2ccccc21. The van der Waals surface area contributed by atoms with Crippen molar-refractivity contribution in [2.24, 2.45) is 0 Å². The lowest BCUT2D eigenvalue weighted by atomic mass is 9.77. The lowest BCUT2D eigenvalue weighted by Crippen LogP contribution is -2.38. The zero-order chi connectivity index (χ0) is 17.0. The Hall–Kier alpha value is -2.91. The molecule has 1 aliphatic carbocycles. The number of fused-ring (bicyclic) bond motifs is 8. The average Bonchev–Trinajstić information content (AvgIpc) is 3.22. The highest BCUT2D eigenvalue weighted by atomic mass is 16.6. The molecule has 2 aromatic carbocycles. The third-order valence-electron chi connectivity index (χ3n) is 5.16. The topological polar surface area (TPSA) is 35.5 Å². The number of esters is 1. The first-order valence-corrected chi connectivity index (χ1v) is 8.32. The molecule has 2 heterocycles. The van der Waals surface area contributed by atoms with Crippen LogP contribution in [0.15, 0.2) is 60.7 Å². The van der Waals surface area contributed by atoms with E-state index in [0.29, 0.717) is 0 Å². The number of hydrogen-bond donors (Lipinski definition) is 0. The third-order valence-corrected chi connectivity index (χ3v) is 5.16. The van der Waals surface area contributed by atoms with Gasteiger partial charge in [0.25, 0.3) is 0 Å². The predicted octanol–water partition coefficient (Wildman–Crippen LogP) is 3.96. The number of carbonyl (C=O) groups excluding carboxylic acids is 1. The molecule has 0 N–H and O–H groups in total. The number of methoxy groups -OCH3 is 1. The maximum Gasteiger partial charge on any atom is 0.347 e. The van der Waals surface area contributed by atoms with Crippen molar-refractivity contribution in [3.05, 3.63) is 82.9 Å². The number of benzene rings is 2. The Bertz CT molecular complexity index is 996. The highest BCUT2D eigenvalue weighted by Crippen LogP contribution is 2.54. The molecule has 2 bridgehead atoms. The molecule has 2 aromatic rings. The van der Waals surface area contributed by atoms with Crippen LogP contribution >= 0.6 is 0 Å². The molecule has 0 radical (unpaired) electrons. The van der Waals surface area contributed by atoms with Crippen LogP contribution in [0, 0.1) is 0 Å². The molecule has 0 aromatic heterocycles. The van der Waals surface area contributed by atoms with E-state index < -0.39 is 5.60 Å². The zero-order valence-corrected chi connectivity index (χ0v) is 13.7. The smallest absolute Gasteiger partial charge is 0.347 e. The molecule has 122 valence electrons. The first-order valence-electron chi connectivity index (χ1n) is 8.32. The third kappa shape index (κ3) is 1.81. The van der Waals surface area contributed by atoms with Gasteiger partial charge in [-0.25, -0.2) is 4.79 Å². The van der Waals surface area contributed by atoms with Gasteiger partial charge in [-0.15, -0.1) is 0 Å². The minimum atomic E-state index is -1.16. The standard InChI is InChI=1S/C22H16O3/c1-24-21(23)22-13-12-18(25-22)19-16-8-4-2-6-14(16)10-11-15-7-3-5-9-17(15)20(19)22/h2-13,18H,1H3/b11-10-,14-10?,15-11?,19-16?,20-17?. The Morgan fingerprint density at radius 1 is 1.00 bits per heavy atom. The fourth-order valence-electron chi connectivity index (χ4n) is 4.08. The van der Waals surface area contributed by atoms with E-state index in [1.807, 2.05) is 42.5 Å². The van der Waals surface area contributed by atoms with Gasteiger partial charge in [-0.3, -0.25) is 0 Å². The van der Waals surface area contributed by atoms with Crippen molar-refractivity contribution < 1.29 is 14.3 Å². The Kier molecular flexibility index (Phi) is 2.91. The predicted molar refractivity (Wildman–Crippen MR) is 97.4 cm³/mol. The van der Waals surface area contributed by atoms with E-state index in [1.165, 1.54) is 7.11 Å². The van der Waals surface area contributed by atoms with E-state index >= 15 is 0 Å². The van der Waals surface area contributed by atoms with Crippen molar-refractivity contribution in [2.45, 2.75) is 11.7 Å². The summed E-state index contributed by atoms with van der Waals surface area (Å²) >= 11 is 0. The molecule has 0 saturated heterocycles. The van der Waals surface area contributed by atoms with Gasteiger partial charge < -0.3 is 9.47 Å². The van der Waals surface area contributed by atoms with Crippen molar-refractivity contribution in [1.82, 2.24) is 0 Å². The van der Waals surface area contributed by atoms with Crippen molar-refractivity contribution >= 4 is 29.3 Å². The van der Waals surface area contributed by atoms with Gasteiger partial charge in [-0.1, -0.05) is 66.8 Å². The minimum absolute atomic E-state index is 0.241. The molecular formula is C22H16O3. The first-order chi connectivity index (χ1) is 12.2. The summed E-state index contributed by atoms with van der Waals surface area (Å²) in [7, 11) is 1.41. The van der Waals surface area contributed by atoms with Crippen molar-refractivity contribution in [1.29, 1.82) is 0 Å². The zero-order valence-electron chi connectivity index (χ0n) is 13.7. The average molecular weight is 328 g/mol. The van der Waals surface area contributed by atoms with E-state index in [4.69, 9.17) is 9.47 Å². The summed E-state index contributed by atoms with van der Waals surface area (Å²) in [5.41, 5.74) is 5.10. The molecule has 0 amide bonds. The van der Waals surface area contributed by atoms with E-state index in [0.717, 1.165) is 33.4 Å². The van der Waals surface area contributed by atoms with Crippen LogP contribution in [0.1, 0.15) is 22.3 Å². The summed E-state index contributed by atoms with van der Waals surface area (Å²) in [6, 6.07) is 16.3. The van der Waals surface area contributed by atoms with Crippen molar-refractivity contribution in [2.75, 3.05) is 7.11 Å². The molecule has 0 spiro atoms. The summed E-state index contributed by atoms with van der Waals surface area (Å²) in [6.45, 7) is 0. The van der Waals surface area contributed by atoms with E-state index in [1.54, 1.807) is 0 Å². The number of carbonyl (C=O) groups is 1. The quantitative estimate of drug-likeness (QED) is 0.587. The summed E-state index contributed by atoms with van der Waals surface area (Å²) in [5, 5.41) is 0. The van der Waals surface area contributed by atoms with Crippen molar-refractivity contribution in [3.63, 3.8) is 0 Å². The summed E-state index contributed by atoms with van der Waals surface area (Å²) in [4.78, 5) is 12.7. The molecule has 2 aliphatic heterocycles. The molecule has 3 aliphatic rings. The highest BCUT2D eigenvalue weighted by molar-refractivity contribution is 6.14. The van der Waals surface area contributed by atoms with Crippen LogP contribution in [-0.2, 0) is 14.3 Å². The minimum Gasteiger partial charge on any atom is -0.466 e. The first kappa shape index (κ1) is 14.4. The molecule has 25 heavy (non-hydrogen) atoms. The molecule has 2 atom stereocenters. The molecule has 2 unspecified atom stereocenters. The van der Waals surface area contributed by atoms with Crippen molar-refractivity contribution in [3.8, 4) is 0 Å². The number of rotatable bonds is 1. The molecule has 0 saturated carbocycles. The van der Waals surface area contributed by atoms with Crippen LogP contribution in [0.25, 0.3) is 23.3 Å². The maximum absolute atomic E-state index is 12.7. The van der Waals surface area contributed by atoms with Gasteiger partial charge in [0, 0.05) is 11.1 Å². The van der Waals surface area contributed by atoms with Gasteiger partial charge in [-0.2, -0.15) is 0 Å². The van der Waals surface area contributed by atoms with Crippen LogP contribution in [0.3, 0.4) is 0 Å². The van der Waals surface area contributed by atoms with Crippen LogP contribution in [0.4, 0.5) is 0 Å². The fourth-order valence-corrected chi connectivity index (χ4v) is 4.08. The maximum atomic E-state index is 12.7. The molecule has 5 rings (SSSR count). The Morgan fingerprint density at radius 2 is 1.64 bits per heavy atom. The van der Waals surface area contributed by atoms with Crippen LogP contribution in [0.2, 0.25) is 0 Å². The Balaban J connectivity index is 1.89. The highest BCUT2D eigenvalue weighted by Gasteiger charge is 2.56. The normalized spacial score (nSPS) is 26.4. The Labute approximate surface area is 145 Å². The molecule has 0 fully saturated rings. The summed E-state index contributed by atoms with van der Waals surface area (Å²) < 4.78 is 11.3. The molecule has 3 heteroatoms. The van der Waals surface area contributed by atoms with E-state index in [9.17, 15) is 4.79 Å². The lowest BCUT2D eigenvalue weighted by Gasteiger charge is -2.26. The second-order valence-electron chi connectivity index (χ2n) is 6.42. The monoisotopic (exact) mass is 328 g/mol. The van der Waals surface area contributed by atoms with Crippen LogP contribution in [-0.4, -0.2) is 24.8 Å². The Morgan fingerprint density at radius 3 is 2.36 bits per heavy atom. The van der Waals surface area contributed by atoms with Gasteiger partial charge in [0.1, 0.15) is 6.10 Å². The number of hydrogen-bond acceptors (Lipinski definition) is 3. The molecular weight excluding hydrogens is 312 g/mol. The van der Waals surface area contributed by atoms with E-state index in [-0.39, 0.29) is 12.1 Å². The van der Waals surface area contributed by atoms with Gasteiger partial charge in [0.15, 0.2) is 0 Å². The van der Waals surface area contributed by atoms with Gasteiger partial charge >= 0.3 is 5.97 Å². The molecule has 3 nitrogen and oxygen atoms in total. The van der Waals surface area contributed by atoms with Gasteiger partial charge in [0.05, 0.1) is 7.11 Å².